The molecule has 0 bridgehead atoms. The zero-order valence-corrected chi connectivity index (χ0v) is 26.1. The van der Waals surface area contributed by atoms with Crippen molar-refractivity contribution in [3.05, 3.63) is 65.7 Å². The Kier molecular flexibility index (Phi) is 8.83. The molecule has 1 spiro atoms. The molecular formula is C34H45N3O5S. The predicted octanol–water partition coefficient (Wildman–Crippen LogP) is 5.09. The third-order valence-corrected chi connectivity index (χ3v) is 11.5. The van der Waals surface area contributed by atoms with E-state index in [-0.39, 0.29) is 29.4 Å². The van der Waals surface area contributed by atoms with Crippen LogP contribution in [0.1, 0.15) is 68.4 Å². The average Bonchev–Trinajstić information content (AvgIpc) is 3.56. The highest BCUT2D eigenvalue weighted by atomic mass is 32.2. The third-order valence-electron chi connectivity index (χ3n) is 10.4. The summed E-state index contributed by atoms with van der Waals surface area (Å²) in [6, 6.07) is 17.4. The van der Waals surface area contributed by atoms with Gasteiger partial charge < -0.3 is 19.4 Å². The summed E-state index contributed by atoms with van der Waals surface area (Å²) in [5.41, 5.74) is 1.93. The number of benzene rings is 2. The second-order valence-electron chi connectivity index (χ2n) is 13.3. The number of hydrogen-bond acceptors (Lipinski definition) is 6. The number of sulfone groups is 1. The molecule has 3 heterocycles. The number of carbonyl (C=O) groups excluding carboxylic acids is 2. The van der Waals surface area contributed by atoms with Crippen LogP contribution in [-0.2, 0) is 25.9 Å². The number of ether oxygens (including phenoxy) is 1. The molecule has 6 rings (SSSR count). The Morgan fingerprint density at radius 3 is 2.26 bits per heavy atom. The Hall–Kier alpha value is -2.91. The van der Waals surface area contributed by atoms with Crippen LogP contribution in [0.25, 0.3) is 0 Å². The first-order valence-corrected chi connectivity index (χ1v) is 17.9. The number of piperidine rings is 1. The van der Waals surface area contributed by atoms with Crippen LogP contribution in [0, 0.1) is 11.3 Å². The molecule has 232 valence electrons. The largest absolute Gasteiger partial charge is 0.446 e. The topological polar surface area (TPSA) is 87.2 Å². The summed E-state index contributed by atoms with van der Waals surface area (Å²) in [6.45, 7) is 5.33. The lowest BCUT2D eigenvalue weighted by Crippen LogP contribution is -2.46. The Labute approximate surface area is 256 Å². The first kappa shape index (κ1) is 30.1. The lowest BCUT2D eigenvalue weighted by Gasteiger charge is -2.39. The van der Waals surface area contributed by atoms with Crippen LogP contribution in [0.5, 0.6) is 0 Å². The van der Waals surface area contributed by atoms with Gasteiger partial charge in [-0.1, -0.05) is 48.9 Å². The average molecular weight is 608 g/mol. The minimum absolute atomic E-state index is 0.0594. The SMILES string of the molecule is CS(=O)(=O)c1ccc(CN2CCC3(CCN(C[C@H]4CN(C(=O)OC5CCCCC5)CC4c4ccccc4)CC3)C2=O)cc1. The van der Waals surface area contributed by atoms with Gasteiger partial charge in [-0.3, -0.25) is 4.79 Å². The second-order valence-corrected chi connectivity index (χ2v) is 15.3. The molecule has 0 N–H and O–H groups in total. The van der Waals surface area contributed by atoms with Gasteiger partial charge in [0, 0.05) is 44.9 Å². The van der Waals surface area contributed by atoms with E-state index in [0.29, 0.717) is 30.4 Å². The van der Waals surface area contributed by atoms with Gasteiger partial charge >= 0.3 is 6.09 Å². The van der Waals surface area contributed by atoms with Crippen molar-refractivity contribution in [1.29, 1.82) is 0 Å². The van der Waals surface area contributed by atoms with Gasteiger partial charge in [0.2, 0.25) is 5.91 Å². The molecule has 2 amide bonds. The molecule has 0 aromatic heterocycles. The van der Waals surface area contributed by atoms with Gasteiger partial charge in [-0.25, -0.2) is 13.2 Å². The van der Waals surface area contributed by atoms with Crippen molar-refractivity contribution in [2.24, 2.45) is 11.3 Å². The van der Waals surface area contributed by atoms with E-state index in [9.17, 15) is 18.0 Å². The Bertz CT molecular complexity index is 1380. The second kappa shape index (κ2) is 12.6. The third kappa shape index (κ3) is 6.78. The van der Waals surface area contributed by atoms with Crippen molar-refractivity contribution < 1.29 is 22.7 Å². The molecule has 3 saturated heterocycles. The van der Waals surface area contributed by atoms with Crippen molar-refractivity contribution in [3.63, 3.8) is 0 Å². The number of carbonyl (C=O) groups is 2. The van der Waals surface area contributed by atoms with E-state index in [4.69, 9.17) is 4.74 Å². The quantitative estimate of drug-likeness (QED) is 0.436. The Morgan fingerprint density at radius 1 is 0.907 bits per heavy atom. The molecule has 2 aromatic carbocycles. The molecule has 1 unspecified atom stereocenters. The fourth-order valence-corrected chi connectivity index (χ4v) is 8.38. The molecule has 0 radical (unpaired) electrons. The summed E-state index contributed by atoms with van der Waals surface area (Å²) < 4.78 is 29.5. The van der Waals surface area contributed by atoms with Crippen molar-refractivity contribution in [3.8, 4) is 0 Å². The molecule has 2 aromatic rings. The van der Waals surface area contributed by atoms with Crippen LogP contribution in [0.3, 0.4) is 0 Å². The summed E-state index contributed by atoms with van der Waals surface area (Å²) in [5, 5.41) is 0. The number of rotatable bonds is 7. The predicted molar refractivity (Wildman–Crippen MR) is 165 cm³/mol. The molecule has 1 saturated carbocycles. The van der Waals surface area contributed by atoms with Gasteiger partial charge in [-0.05, 0) is 87.2 Å². The monoisotopic (exact) mass is 607 g/mol. The lowest BCUT2D eigenvalue weighted by atomic mass is 9.76. The molecule has 8 nitrogen and oxygen atoms in total. The van der Waals surface area contributed by atoms with Gasteiger partial charge in [0.05, 0.1) is 10.3 Å². The summed E-state index contributed by atoms with van der Waals surface area (Å²) >= 11 is 0. The Morgan fingerprint density at radius 2 is 1.58 bits per heavy atom. The first-order valence-electron chi connectivity index (χ1n) is 16.0. The highest BCUT2D eigenvalue weighted by Crippen LogP contribution is 2.43. The summed E-state index contributed by atoms with van der Waals surface area (Å²) in [7, 11) is -3.24. The van der Waals surface area contributed by atoms with Gasteiger partial charge in [0.15, 0.2) is 9.84 Å². The maximum Gasteiger partial charge on any atom is 0.410 e. The van der Waals surface area contributed by atoms with Crippen LogP contribution in [0.2, 0.25) is 0 Å². The van der Waals surface area contributed by atoms with E-state index >= 15 is 0 Å². The van der Waals surface area contributed by atoms with Crippen molar-refractivity contribution in [2.45, 2.75) is 74.8 Å². The highest BCUT2D eigenvalue weighted by Gasteiger charge is 2.48. The molecule has 2 atom stereocenters. The molecule has 43 heavy (non-hydrogen) atoms. The minimum atomic E-state index is -3.24. The molecular weight excluding hydrogens is 562 g/mol. The van der Waals surface area contributed by atoms with Crippen LogP contribution < -0.4 is 0 Å². The first-order chi connectivity index (χ1) is 20.7. The summed E-state index contributed by atoms with van der Waals surface area (Å²) in [5.74, 6) is 0.828. The van der Waals surface area contributed by atoms with Gasteiger partial charge in [0.25, 0.3) is 0 Å². The zero-order chi connectivity index (χ0) is 30.0. The van der Waals surface area contributed by atoms with Crippen LogP contribution in [-0.4, -0.2) is 86.7 Å². The summed E-state index contributed by atoms with van der Waals surface area (Å²) in [6.07, 6.45) is 9.16. The van der Waals surface area contributed by atoms with Crippen LogP contribution in [0.15, 0.2) is 59.5 Å². The smallest absolute Gasteiger partial charge is 0.410 e. The van der Waals surface area contributed by atoms with Crippen LogP contribution >= 0.6 is 0 Å². The number of nitrogens with zero attached hydrogens (tertiary/aromatic N) is 3. The maximum atomic E-state index is 13.6. The van der Waals surface area contributed by atoms with E-state index in [0.717, 1.165) is 76.7 Å². The normalized spacial score (nSPS) is 25.0. The van der Waals surface area contributed by atoms with Gasteiger partial charge in [0.1, 0.15) is 6.10 Å². The minimum Gasteiger partial charge on any atom is -0.446 e. The van der Waals surface area contributed by atoms with Crippen molar-refractivity contribution >= 4 is 21.8 Å². The standard InChI is InChI=1S/C34H45N3O5S/c1-43(40,41)30-14-12-26(13-15-30)22-36-21-18-34(32(36)38)16-19-35(20-17-34)23-28-24-37(25-31(28)27-8-4-2-5-9-27)33(39)42-29-10-6-3-7-11-29/h2,4-5,8-9,12-15,28-29,31H,3,6-7,10-11,16-25H2,1H3/t28-,31?/m0/s1. The van der Waals surface area contributed by atoms with Crippen LogP contribution in [0.4, 0.5) is 4.79 Å². The van der Waals surface area contributed by atoms with E-state index in [2.05, 4.69) is 29.2 Å². The Balaban J connectivity index is 1.05. The maximum absolute atomic E-state index is 13.6. The van der Waals surface area contributed by atoms with Crippen molar-refractivity contribution in [2.75, 3.05) is 45.5 Å². The molecule has 1 aliphatic carbocycles. The molecule has 4 fully saturated rings. The van der Waals surface area contributed by atoms with E-state index < -0.39 is 9.84 Å². The molecule has 3 aliphatic heterocycles. The highest BCUT2D eigenvalue weighted by molar-refractivity contribution is 7.90. The van der Waals surface area contributed by atoms with Gasteiger partial charge in [-0.15, -0.1) is 0 Å². The molecule has 4 aliphatic rings. The van der Waals surface area contributed by atoms with E-state index in [1.165, 1.54) is 18.2 Å². The lowest BCUT2D eigenvalue weighted by molar-refractivity contribution is -0.139. The van der Waals surface area contributed by atoms with E-state index in [1.807, 2.05) is 28.0 Å². The van der Waals surface area contributed by atoms with Gasteiger partial charge in [-0.2, -0.15) is 0 Å². The summed E-state index contributed by atoms with van der Waals surface area (Å²) in [4.78, 5) is 33.5. The fraction of sp³-hybridized carbons (Fsp3) is 0.588. The zero-order valence-electron chi connectivity index (χ0n) is 25.3. The van der Waals surface area contributed by atoms with E-state index in [1.54, 1.807) is 12.1 Å². The number of hydrogen-bond donors (Lipinski definition) is 0. The van der Waals surface area contributed by atoms with Crippen molar-refractivity contribution in [1.82, 2.24) is 14.7 Å². The number of likely N-dealkylation sites (tertiary alicyclic amines) is 3. The molecule has 9 heteroatoms. The number of amides is 2. The fourth-order valence-electron chi connectivity index (χ4n) is 7.75.